The first-order valence-corrected chi connectivity index (χ1v) is 12.9. The van der Waals surface area contributed by atoms with Crippen LogP contribution in [0.3, 0.4) is 0 Å². The number of methoxy groups -OCH3 is 1. The molecule has 4 rings (SSSR count). The molecule has 1 saturated heterocycles. The Kier molecular flexibility index (Phi) is 8.09. The van der Waals surface area contributed by atoms with Crippen molar-refractivity contribution in [2.75, 3.05) is 65.0 Å². The number of piperazine rings is 1. The van der Waals surface area contributed by atoms with Crippen LogP contribution in [0, 0.1) is 6.92 Å². The van der Waals surface area contributed by atoms with Crippen molar-refractivity contribution in [3.8, 4) is 22.1 Å². The van der Waals surface area contributed by atoms with Crippen LogP contribution in [0.5, 0.6) is 11.5 Å². The largest absolute Gasteiger partial charge is 0.493 e. The molecule has 1 aliphatic heterocycles. The van der Waals surface area contributed by atoms with Gasteiger partial charge in [-0.1, -0.05) is 11.8 Å². The first-order chi connectivity index (χ1) is 16.4. The average Bonchev–Trinajstić information content (AvgIpc) is 3.19. The van der Waals surface area contributed by atoms with E-state index in [0.29, 0.717) is 29.2 Å². The monoisotopic (exact) mass is 501 g/mol. The predicted octanol–water partition coefficient (Wildman–Crippen LogP) is 3.00. The SMILES string of the molecule is COc1ccc(-c2nc(CSc3nc(N)cc(N)n3)c(C)s2)cc1OCCN1CCN(C)CC1. The van der Waals surface area contributed by atoms with Crippen molar-refractivity contribution in [2.24, 2.45) is 0 Å². The number of benzene rings is 1. The Hall–Kier alpha value is -2.60. The summed E-state index contributed by atoms with van der Waals surface area (Å²) in [6.07, 6.45) is 0. The molecule has 0 atom stereocenters. The van der Waals surface area contributed by atoms with Crippen LogP contribution in [-0.4, -0.2) is 78.2 Å². The molecule has 34 heavy (non-hydrogen) atoms. The predicted molar refractivity (Wildman–Crippen MR) is 139 cm³/mol. The van der Waals surface area contributed by atoms with E-state index in [-0.39, 0.29) is 0 Å². The van der Waals surface area contributed by atoms with Gasteiger partial charge in [0.25, 0.3) is 0 Å². The maximum Gasteiger partial charge on any atom is 0.191 e. The van der Waals surface area contributed by atoms with Gasteiger partial charge in [-0.3, -0.25) is 4.90 Å². The summed E-state index contributed by atoms with van der Waals surface area (Å²) in [6.45, 7) is 7.93. The third-order valence-corrected chi connectivity index (χ3v) is 7.57. The maximum atomic E-state index is 6.14. The Labute approximate surface area is 208 Å². The van der Waals surface area contributed by atoms with Gasteiger partial charge in [0.2, 0.25) is 0 Å². The Morgan fingerprint density at radius 1 is 1.03 bits per heavy atom. The lowest BCUT2D eigenvalue weighted by atomic mass is 10.2. The summed E-state index contributed by atoms with van der Waals surface area (Å²) in [5.74, 6) is 2.83. The van der Waals surface area contributed by atoms with Gasteiger partial charge in [-0.05, 0) is 32.2 Å². The molecule has 0 spiro atoms. The number of aryl methyl sites for hydroxylation is 1. The smallest absolute Gasteiger partial charge is 0.191 e. The van der Waals surface area contributed by atoms with Gasteiger partial charge >= 0.3 is 0 Å². The zero-order chi connectivity index (χ0) is 24.1. The van der Waals surface area contributed by atoms with E-state index in [1.54, 1.807) is 24.5 Å². The number of anilines is 2. The molecule has 0 aliphatic carbocycles. The molecule has 0 unspecified atom stereocenters. The molecule has 0 saturated carbocycles. The molecule has 0 bridgehead atoms. The Balaban J connectivity index is 1.42. The van der Waals surface area contributed by atoms with E-state index < -0.39 is 0 Å². The molecule has 3 heterocycles. The number of nitrogens with two attached hydrogens (primary N) is 2. The summed E-state index contributed by atoms with van der Waals surface area (Å²) in [6, 6.07) is 7.52. The highest BCUT2D eigenvalue weighted by Crippen LogP contribution is 2.36. The summed E-state index contributed by atoms with van der Waals surface area (Å²) >= 11 is 3.12. The third kappa shape index (κ3) is 6.29. The van der Waals surface area contributed by atoms with E-state index >= 15 is 0 Å². The number of nitrogens with zero attached hydrogens (tertiary/aromatic N) is 5. The normalized spacial score (nSPS) is 14.9. The maximum absolute atomic E-state index is 6.14. The van der Waals surface area contributed by atoms with Crippen molar-refractivity contribution in [1.82, 2.24) is 24.8 Å². The quantitative estimate of drug-likeness (QED) is 0.335. The summed E-state index contributed by atoms with van der Waals surface area (Å²) in [7, 11) is 3.83. The number of thioether (sulfide) groups is 1. The van der Waals surface area contributed by atoms with Crippen LogP contribution >= 0.6 is 23.1 Å². The third-order valence-electron chi connectivity index (χ3n) is 5.65. The fraction of sp³-hybridized carbons (Fsp3) is 0.435. The highest BCUT2D eigenvalue weighted by molar-refractivity contribution is 7.98. The minimum absolute atomic E-state index is 0.365. The van der Waals surface area contributed by atoms with Crippen LogP contribution in [-0.2, 0) is 5.75 Å². The van der Waals surface area contributed by atoms with Crippen LogP contribution in [0.15, 0.2) is 29.4 Å². The number of hydrogen-bond donors (Lipinski definition) is 2. The van der Waals surface area contributed by atoms with E-state index in [0.717, 1.165) is 65.4 Å². The topological polar surface area (TPSA) is 116 Å². The van der Waals surface area contributed by atoms with Crippen LogP contribution in [0.2, 0.25) is 0 Å². The van der Waals surface area contributed by atoms with Crippen molar-refractivity contribution in [3.63, 3.8) is 0 Å². The van der Waals surface area contributed by atoms with Crippen molar-refractivity contribution in [3.05, 3.63) is 34.8 Å². The highest BCUT2D eigenvalue weighted by Gasteiger charge is 2.16. The number of rotatable bonds is 9. The zero-order valence-electron chi connectivity index (χ0n) is 19.8. The molecule has 3 aromatic rings. The van der Waals surface area contributed by atoms with Gasteiger partial charge in [0, 0.05) is 55.0 Å². The van der Waals surface area contributed by atoms with Gasteiger partial charge in [0.05, 0.1) is 12.8 Å². The first-order valence-electron chi connectivity index (χ1n) is 11.1. The number of nitrogen functional groups attached to an aromatic ring is 2. The standard InChI is InChI=1S/C23H31N7O2S2/c1-15-17(14-33-23-27-20(24)13-21(25)28-23)26-22(34-15)16-4-5-18(31-3)19(12-16)32-11-10-30-8-6-29(2)7-9-30/h4-5,12-13H,6-11,14H2,1-3H3,(H4,24,25,27,28). The van der Waals surface area contributed by atoms with Gasteiger partial charge in [-0.25, -0.2) is 15.0 Å². The van der Waals surface area contributed by atoms with E-state index in [9.17, 15) is 0 Å². The second-order valence-corrected chi connectivity index (χ2v) is 10.3. The Morgan fingerprint density at radius 3 is 2.47 bits per heavy atom. The molecule has 182 valence electrons. The van der Waals surface area contributed by atoms with Crippen molar-refractivity contribution < 1.29 is 9.47 Å². The number of likely N-dealkylation sites (N-methyl/N-ethyl adjacent to an activating group) is 1. The summed E-state index contributed by atoms with van der Waals surface area (Å²) in [4.78, 5) is 19.3. The van der Waals surface area contributed by atoms with E-state index in [2.05, 4.69) is 33.7 Å². The van der Waals surface area contributed by atoms with E-state index in [1.165, 1.54) is 11.8 Å². The number of hydrogen-bond acceptors (Lipinski definition) is 11. The molecule has 2 aromatic heterocycles. The molecule has 0 amide bonds. The van der Waals surface area contributed by atoms with E-state index in [4.69, 9.17) is 25.9 Å². The molecular weight excluding hydrogens is 470 g/mol. The molecule has 1 fully saturated rings. The van der Waals surface area contributed by atoms with Gasteiger partial charge < -0.3 is 25.8 Å². The van der Waals surface area contributed by atoms with Crippen molar-refractivity contribution in [2.45, 2.75) is 17.8 Å². The average molecular weight is 502 g/mol. The first kappa shape index (κ1) is 24.5. The summed E-state index contributed by atoms with van der Waals surface area (Å²) in [5.41, 5.74) is 13.5. The van der Waals surface area contributed by atoms with Gasteiger partial charge in [-0.2, -0.15) is 0 Å². The van der Waals surface area contributed by atoms with Gasteiger partial charge in [0.15, 0.2) is 16.7 Å². The van der Waals surface area contributed by atoms with Crippen LogP contribution in [0.4, 0.5) is 11.6 Å². The number of aromatic nitrogens is 3. The Bertz CT molecular complexity index is 1100. The Morgan fingerprint density at radius 2 is 1.76 bits per heavy atom. The van der Waals surface area contributed by atoms with Crippen molar-refractivity contribution in [1.29, 1.82) is 0 Å². The highest BCUT2D eigenvalue weighted by atomic mass is 32.2. The second-order valence-electron chi connectivity index (χ2n) is 8.17. The fourth-order valence-corrected chi connectivity index (χ4v) is 5.53. The van der Waals surface area contributed by atoms with Gasteiger partial charge in [-0.15, -0.1) is 11.3 Å². The summed E-state index contributed by atoms with van der Waals surface area (Å²) < 4.78 is 11.7. The van der Waals surface area contributed by atoms with Crippen molar-refractivity contribution >= 4 is 34.7 Å². The molecular formula is C23H31N7O2S2. The lowest BCUT2D eigenvalue weighted by molar-refractivity contribution is 0.133. The molecule has 4 N–H and O–H groups in total. The fourth-order valence-electron chi connectivity index (χ4n) is 3.62. The molecule has 0 radical (unpaired) electrons. The van der Waals surface area contributed by atoms with Crippen LogP contribution in [0.25, 0.3) is 10.6 Å². The van der Waals surface area contributed by atoms with Crippen LogP contribution in [0.1, 0.15) is 10.6 Å². The second kappa shape index (κ2) is 11.2. The minimum Gasteiger partial charge on any atom is -0.493 e. The lowest BCUT2D eigenvalue weighted by Crippen LogP contribution is -2.45. The number of thiazole rings is 1. The van der Waals surface area contributed by atoms with Gasteiger partial charge in [0.1, 0.15) is 23.3 Å². The molecule has 11 heteroatoms. The van der Waals surface area contributed by atoms with E-state index in [1.807, 2.05) is 18.2 Å². The lowest BCUT2D eigenvalue weighted by Gasteiger charge is -2.32. The summed E-state index contributed by atoms with van der Waals surface area (Å²) in [5, 5.41) is 1.49. The molecule has 1 aromatic carbocycles. The minimum atomic E-state index is 0.365. The molecule has 1 aliphatic rings. The molecule has 9 nitrogen and oxygen atoms in total. The number of ether oxygens (including phenoxy) is 2. The zero-order valence-corrected chi connectivity index (χ0v) is 21.4. The van der Waals surface area contributed by atoms with Crippen LogP contribution < -0.4 is 20.9 Å².